The Balaban J connectivity index is 0. The first-order chi connectivity index (χ1) is 9.37. The molecule has 0 N–H and O–H groups in total. The van der Waals surface area contributed by atoms with Gasteiger partial charge in [-0.1, -0.05) is 6.92 Å². The van der Waals surface area contributed by atoms with Crippen molar-refractivity contribution in [1.29, 1.82) is 0 Å². The minimum atomic E-state index is -0.257. The van der Waals surface area contributed by atoms with E-state index in [0.29, 0.717) is 26.2 Å². The van der Waals surface area contributed by atoms with Crippen molar-refractivity contribution in [2.24, 2.45) is 0 Å². The largest absolute Gasteiger partial charge is 0.460 e. The van der Waals surface area contributed by atoms with Gasteiger partial charge in [-0.05, 0) is 20.8 Å². The lowest BCUT2D eigenvalue weighted by molar-refractivity contribution is -0.150. The molecule has 0 heterocycles. The van der Waals surface area contributed by atoms with Crippen LogP contribution in [-0.2, 0) is 28.5 Å². The fraction of sp³-hybridized carbons (Fsp3) is 0.857. The van der Waals surface area contributed by atoms with Gasteiger partial charge in [0.15, 0.2) is 0 Å². The van der Waals surface area contributed by atoms with Crippen molar-refractivity contribution in [3.05, 3.63) is 0 Å². The lowest BCUT2D eigenvalue weighted by atomic mass is 10.4. The van der Waals surface area contributed by atoms with E-state index >= 15 is 0 Å². The van der Waals surface area contributed by atoms with Crippen LogP contribution in [0.2, 0.25) is 0 Å². The molecular formula is C14H28O6. The molecule has 2 unspecified atom stereocenters. The van der Waals surface area contributed by atoms with Crippen LogP contribution >= 0.6 is 0 Å². The summed E-state index contributed by atoms with van der Waals surface area (Å²) in [5, 5.41) is 0. The maximum atomic E-state index is 10.6. The Morgan fingerprint density at radius 2 is 1.55 bits per heavy atom. The average Bonchev–Trinajstić information content (AvgIpc) is 2.36. The van der Waals surface area contributed by atoms with E-state index in [0.717, 1.165) is 0 Å². The van der Waals surface area contributed by atoms with Gasteiger partial charge < -0.3 is 18.9 Å². The van der Waals surface area contributed by atoms with Crippen LogP contribution in [0.3, 0.4) is 0 Å². The molecular weight excluding hydrogens is 264 g/mol. The quantitative estimate of drug-likeness (QED) is 0.637. The topological polar surface area (TPSA) is 71.1 Å². The number of hydrogen-bond acceptors (Lipinski definition) is 6. The van der Waals surface area contributed by atoms with Crippen LogP contribution in [0.15, 0.2) is 0 Å². The van der Waals surface area contributed by atoms with Crippen molar-refractivity contribution in [3.8, 4) is 0 Å². The van der Waals surface area contributed by atoms with Crippen molar-refractivity contribution in [1.82, 2.24) is 0 Å². The van der Waals surface area contributed by atoms with Gasteiger partial charge in [-0.3, -0.25) is 9.59 Å². The Bertz CT molecular complexity index is 254. The molecule has 0 rings (SSSR count). The van der Waals surface area contributed by atoms with Gasteiger partial charge in [0.2, 0.25) is 0 Å². The van der Waals surface area contributed by atoms with Crippen molar-refractivity contribution in [2.75, 3.05) is 26.9 Å². The highest BCUT2D eigenvalue weighted by Crippen LogP contribution is 1.93. The average molecular weight is 292 g/mol. The summed E-state index contributed by atoms with van der Waals surface area (Å²) in [4.78, 5) is 21.0. The van der Waals surface area contributed by atoms with Gasteiger partial charge in [0.05, 0.1) is 13.2 Å². The molecule has 20 heavy (non-hydrogen) atoms. The van der Waals surface area contributed by atoms with Gasteiger partial charge in [-0.25, -0.2) is 0 Å². The Hall–Kier alpha value is -1.14. The summed E-state index contributed by atoms with van der Waals surface area (Å²) in [7, 11) is 1.58. The summed E-state index contributed by atoms with van der Waals surface area (Å²) in [6.45, 7) is 10.3. The second-order valence-electron chi connectivity index (χ2n) is 4.19. The summed E-state index contributed by atoms with van der Waals surface area (Å²) in [5.74, 6) is -0.434. The van der Waals surface area contributed by atoms with E-state index in [1.807, 2.05) is 6.92 Å². The van der Waals surface area contributed by atoms with E-state index < -0.39 is 0 Å². The maximum absolute atomic E-state index is 10.6. The molecule has 0 aliphatic rings. The number of ether oxygens (including phenoxy) is 4. The number of hydrogen-bond donors (Lipinski definition) is 0. The zero-order valence-corrected chi connectivity index (χ0v) is 13.4. The predicted molar refractivity (Wildman–Crippen MR) is 75.4 cm³/mol. The number of esters is 2. The van der Waals surface area contributed by atoms with Crippen molar-refractivity contribution < 1.29 is 28.5 Å². The molecule has 0 saturated carbocycles. The maximum Gasteiger partial charge on any atom is 0.305 e. The molecule has 0 fully saturated rings. The summed E-state index contributed by atoms with van der Waals surface area (Å²) >= 11 is 0. The lowest BCUT2D eigenvalue weighted by Gasteiger charge is -2.10. The van der Waals surface area contributed by atoms with Crippen LogP contribution in [0.5, 0.6) is 0 Å². The molecule has 0 aromatic heterocycles. The van der Waals surface area contributed by atoms with Gasteiger partial charge in [0.25, 0.3) is 0 Å². The first kappa shape index (κ1) is 21.2. The fourth-order valence-electron chi connectivity index (χ4n) is 1.18. The van der Waals surface area contributed by atoms with Crippen LogP contribution in [0.1, 0.15) is 41.0 Å². The van der Waals surface area contributed by atoms with E-state index in [2.05, 4.69) is 0 Å². The van der Waals surface area contributed by atoms with Crippen LogP contribution < -0.4 is 0 Å². The van der Waals surface area contributed by atoms with Crippen LogP contribution in [0.25, 0.3) is 0 Å². The summed E-state index contributed by atoms with van der Waals surface area (Å²) in [6, 6.07) is 0. The summed E-state index contributed by atoms with van der Waals surface area (Å²) in [5.41, 5.74) is 0. The molecule has 0 spiro atoms. The standard InChI is InChI=1S/2C7H14O3/c1-4-7(8)10-6(2)5-9-3;1-4-9-5-6(2)10-7(3)8/h2*6H,4-5H2,1-3H3. The van der Waals surface area contributed by atoms with Gasteiger partial charge in [-0.15, -0.1) is 0 Å². The normalized spacial score (nSPS) is 12.7. The first-order valence-electron chi connectivity index (χ1n) is 6.80. The van der Waals surface area contributed by atoms with Crippen LogP contribution in [-0.4, -0.2) is 51.1 Å². The molecule has 0 radical (unpaired) electrons. The molecule has 0 aromatic carbocycles. The molecule has 6 nitrogen and oxygen atoms in total. The van der Waals surface area contributed by atoms with Crippen molar-refractivity contribution in [3.63, 3.8) is 0 Å². The Morgan fingerprint density at radius 1 is 1.00 bits per heavy atom. The first-order valence-corrected chi connectivity index (χ1v) is 6.80. The highest BCUT2D eigenvalue weighted by molar-refractivity contribution is 5.69. The van der Waals surface area contributed by atoms with Crippen molar-refractivity contribution in [2.45, 2.75) is 53.2 Å². The number of methoxy groups -OCH3 is 1. The van der Waals surface area contributed by atoms with Gasteiger partial charge in [-0.2, -0.15) is 0 Å². The zero-order chi connectivity index (χ0) is 16.0. The van der Waals surface area contributed by atoms with E-state index in [1.165, 1.54) is 6.92 Å². The monoisotopic (exact) mass is 292 g/mol. The third kappa shape index (κ3) is 16.9. The molecule has 6 heteroatoms. The van der Waals surface area contributed by atoms with E-state index in [1.54, 1.807) is 27.9 Å². The van der Waals surface area contributed by atoms with Gasteiger partial charge in [0.1, 0.15) is 12.2 Å². The summed E-state index contributed by atoms with van der Waals surface area (Å²) < 4.78 is 19.5. The van der Waals surface area contributed by atoms with Gasteiger partial charge >= 0.3 is 11.9 Å². The molecule has 2 atom stereocenters. The molecule has 0 bridgehead atoms. The number of carbonyl (C=O) groups is 2. The molecule has 0 amide bonds. The zero-order valence-electron chi connectivity index (χ0n) is 13.4. The van der Waals surface area contributed by atoms with E-state index in [9.17, 15) is 9.59 Å². The molecule has 0 saturated heterocycles. The Kier molecular flexibility index (Phi) is 15.1. The highest BCUT2D eigenvalue weighted by Gasteiger charge is 2.05. The van der Waals surface area contributed by atoms with Gasteiger partial charge in [0, 0.05) is 27.1 Å². The fourth-order valence-corrected chi connectivity index (χ4v) is 1.18. The predicted octanol–water partition coefficient (Wildman–Crippen LogP) is 1.95. The molecule has 0 aliphatic carbocycles. The Labute approximate surface area is 121 Å². The second kappa shape index (κ2) is 14.3. The van der Waals surface area contributed by atoms with E-state index in [4.69, 9.17) is 18.9 Å². The van der Waals surface area contributed by atoms with Crippen LogP contribution in [0.4, 0.5) is 0 Å². The minimum Gasteiger partial charge on any atom is -0.460 e. The number of carbonyl (C=O) groups excluding carboxylic acids is 2. The van der Waals surface area contributed by atoms with Crippen molar-refractivity contribution >= 4 is 11.9 Å². The third-order valence-electron chi connectivity index (χ3n) is 1.95. The number of rotatable bonds is 8. The highest BCUT2D eigenvalue weighted by atomic mass is 16.6. The smallest absolute Gasteiger partial charge is 0.305 e. The third-order valence-corrected chi connectivity index (χ3v) is 1.95. The molecule has 0 aliphatic heterocycles. The Morgan fingerprint density at radius 3 is 1.95 bits per heavy atom. The SMILES string of the molecule is CCC(=O)OC(C)COC.CCOCC(C)OC(C)=O. The summed E-state index contributed by atoms with van der Waals surface area (Å²) in [6.07, 6.45) is 0.170. The molecule has 120 valence electrons. The molecule has 0 aromatic rings. The minimum absolute atomic E-state index is 0.127. The lowest BCUT2D eigenvalue weighted by Crippen LogP contribution is -2.18. The van der Waals surface area contributed by atoms with E-state index in [-0.39, 0.29) is 24.1 Å². The second-order valence-corrected chi connectivity index (χ2v) is 4.19. The van der Waals surface area contributed by atoms with Crippen LogP contribution in [0, 0.1) is 0 Å².